The Balaban J connectivity index is 1.79. The van der Waals surface area contributed by atoms with Crippen LogP contribution in [-0.2, 0) is 6.54 Å². The molecule has 1 N–H and O–H groups in total. The zero-order chi connectivity index (χ0) is 21.0. The van der Waals surface area contributed by atoms with Crippen molar-refractivity contribution < 1.29 is 9.53 Å². The minimum atomic E-state index is -0.235. The minimum Gasteiger partial charge on any atom is -0.493 e. The largest absolute Gasteiger partial charge is 0.493 e. The van der Waals surface area contributed by atoms with Gasteiger partial charge >= 0.3 is 0 Å². The molecule has 0 aliphatic rings. The summed E-state index contributed by atoms with van der Waals surface area (Å²) in [4.78, 5) is 31.1. The van der Waals surface area contributed by atoms with Gasteiger partial charge in [-0.15, -0.1) is 11.3 Å². The van der Waals surface area contributed by atoms with E-state index in [0.717, 1.165) is 18.6 Å². The maximum absolute atomic E-state index is 12.8. The number of amides is 1. The number of aryl methyl sites for hydroxylation is 2. The SMILES string of the molecule is CCCCn1cnc2sc(C(=O)Nc3ccc(OCC(C)C)cc3)c(C)c2c1=O. The molecule has 0 fully saturated rings. The molecule has 0 saturated carbocycles. The average Bonchev–Trinajstić information content (AvgIpc) is 3.04. The molecule has 1 amide bonds. The van der Waals surface area contributed by atoms with E-state index in [4.69, 9.17) is 4.74 Å². The second kappa shape index (κ2) is 9.22. The van der Waals surface area contributed by atoms with E-state index in [1.807, 2.05) is 31.2 Å². The number of benzene rings is 1. The number of rotatable bonds is 8. The lowest BCUT2D eigenvalue weighted by atomic mass is 10.2. The molecule has 0 radical (unpaired) electrons. The van der Waals surface area contributed by atoms with E-state index in [1.54, 1.807) is 10.9 Å². The summed E-state index contributed by atoms with van der Waals surface area (Å²) in [5, 5.41) is 3.44. The van der Waals surface area contributed by atoms with Crippen molar-refractivity contribution in [3.63, 3.8) is 0 Å². The van der Waals surface area contributed by atoms with E-state index in [-0.39, 0.29) is 11.5 Å². The van der Waals surface area contributed by atoms with E-state index in [2.05, 4.69) is 31.1 Å². The Kier molecular flexibility index (Phi) is 6.69. The van der Waals surface area contributed by atoms with Gasteiger partial charge in [-0.05, 0) is 49.1 Å². The number of carbonyl (C=O) groups excluding carboxylic acids is 1. The van der Waals surface area contributed by atoms with Crippen LogP contribution >= 0.6 is 11.3 Å². The van der Waals surface area contributed by atoms with Crippen LogP contribution < -0.4 is 15.6 Å². The Labute approximate surface area is 174 Å². The number of carbonyl (C=O) groups is 1. The van der Waals surface area contributed by atoms with Gasteiger partial charge in [0.15, 0.2) is 0 Å². The fourth-order valence-electron chi connectivity index (χ4n) is 2.95. The Morgan fingerprint density at radius 2 is 2.00 bits per heavy atom. The summed E-state index contributed by atoms with van der Waals surface area (Å²) >= 11 is 1.25. The lowest BCUT2D eigenvalue weighted by Crippen LogP contribution is -2.20. The second-order valence-electron chi connectivity index (χ2n) is 7.52. The first-order valence-electron chi connectivity index (χ1n) is 9.93. The molecule has 2 heterocycles. The van der Waals surface area contributed by atoms with Gasteiger partial charge in [-0.25, -0.2) is 4.98 Å². The van der Waals surface area contributed by atoms with Gasteiger partial charge < -0.3 is 10.1 Å². The molecule has 0 aliphatic heterocycles. The van der Waals surface area contributed by atoms with Crippen molar-refractivity contribution in [1.29, 1.82) is 0 Å². The molecule has 0 aliphatic carbocycles. The molecule has 6 nitrogen and oxygen atoms in total. The molecule has 3 rings (SSSR count). The van der Waals surface area contributed by atoms with E-state index >= 15 is 0 Å². The number of thiophene rings is 1. The zero-order valence-corrected chi connectivity index (χ0v) is 18.1. The number of anilines is 1. The molecule has 0 saturated heterocycles. The van der Waals surface area contributed by atoms with Crippen LogP contribution in [0.4, 0.5) is 5.69 Å². The van der Waals surface area contributed by atoms with Crippen molar-refractivity contribution in [2.75, 3.05) is 11.9 Å². The molecule has 0 unspecified atom stereocenters. The first kappa shape index (κ1) is 21.0. The third-order valence-electron chi connectivity index (χ3n) is 4.57. The standard InChI is InChI=1S/C22H27N3O3S/c1-5-6-11-25-13-23-21-18(22(25)27)15(4)19(29-21)20(26)24-16-7-9-17(10-8-16)28-12-14(2)3/h7-10,13-14H,5-6,11-12H2,1-4H3,(H,24,26). The summed E-state index contributed by atoms with van der Waals surface area (Å²) < 4.78 is 7.30. The Hall–Kier alpha value is -2.67. The fourth-order valence-corrected chi connectivity index (χ4v) is 3.98. The zero-order valence-electron chi connectivity index (χ0n) is 17.3. The van der Waals surface area contributed by atoms with Crippen molar-refractivity contribution in [3.05, 3.63) is 51.4 Å². The van der Waals surface area contributed by atoms with Crippen LogP contribution in [0.3, 0.4) is 0 Å². The monoisotopic (exact) mass is 413 g/mol. The lowest BCUT2D eigenvalue weighted by molar-refractivity contribution is 0.103. The quantitative estimate of drug-likeness (QED) is 0.573. The third kappa shape index (κ3) is 4.85. The Bertz CT molecular complexity index is 1050. The van der Waals surface area contributed by atoms with Crippen LogP contribution in [0.15, 0.2) is 35.4 Å². The summed E-state index contributed by atoms with van der Waals surface area (Å²) in [6, 6.07) is 7.30. The van der Waals surface area contributed by atoms with Crippen molar-refractivity contribution in [2.45, 2.75) is 47.1 Å². The highest BCUT2D eigenvalue weighted by atomic mass is 32.1. The van der Waals surface area contributed by atoms with Gasteiger partial charge in [0.2, 0.25) is 0 Å². The van der Waals surface area contributed by atoms with E-state index in [1.165, 1.54) is 11.3 Å². The van der Waals surface area contributed by atoms with Crippen molar-refractivity contribution in [2.24, 2.45) is 5.92 Å². The van der Waals surface area contributed by atoms with Crippen LogP contribution in [0.2, 0.25) is 0 Å². The maximum Gasteiger partial charge on any atom is 0.266 e. The third-order valence-corrected chi connectivity index (χ3v) is 5.77. The van der Waals surface area contributed by atoms with Gasteiger partial charge in [0.25, 0.3) is 11.5 Å². The average molecular weight is 414 g/mol. The van der Waals surface area contributed by atoms with Crippen LogP contribution in [-0.4, -0.2) is 22.1 Å². The normalized spacial score (nSPS) is 11.2. The number of hydrogen-bond donors (Lipinski definition) is 1. The smallest absolute Gasteiger partial charge is 0.266 e. The summed E-state index contributed by atoms with van der Waals surface area (Å²) in [6.45, 7) is 9.36. The number of ether oxygens (including phenoxy) is 1. The molecular formula is C22H27N3O3S. The summed E-state index contributed by atoms with van der Waals surface area (Å²) in [5.74, 6) is 0.984. The van der Waals surface area contributed by atoms with Gasteiger partial charge in [0, 0.05) is 12.2 Å². The molecule has 0 bridgehead atoms. The number of fused-ring (bicyclic) bond motifs is 1. The molecule has 0 spiro atoms. The van der Waals surface area contributed by atoms with E-state index < -0.39 is 0 Å². The van der Waals surface area contributed by atoms with Crippen molar-refractivity contribution in [1.82, 2.24) is 9.55 Å². The molecular weight excluding hydrogens is 386 g/mol. The summed E-state index contributed by atoms with van der Waals surface area (Å²) in [6.07, 6.45) is 3.50. The highest BCUT2D eigenvalue weighted by molar-refractivity contribution is 7.20. The molecule has 3 aromatic rings. The number of unbranched alkanes of at least 4 members (excludes halogenated alkanes) is 1. The second-order valence-corrected chi connectivity index (χ2v) is 8.52. The van der Waals surface area contributed by atoms with Gasteiger partial charge in [0.1, 0.15) is 10.6 Å². The number of hydrogen-bond acceptors (Lipinski definition) is 5. The highest BCUT2D eigenvalue weighted by Crippen LogP contribution is 2.28. The van der Waals surface area contributed by atoms with Gasteiger partial charge in [-0.2, -0.15) is 0 Å². The molecule has 1 aromatic carbocycles. The number of nitrogens with zero attached hydrogens (tertiary/aromatic N) is 2. The van der Waals surface area contributed by atoms with Gasteiger partial charge in [-0.3, -0.25) is 14.2 Å². The van der Waals surface area contributed by atoms with Gasteiger partial charge in [-0.1, -0.05) is 27.2 Å². The molecule has 29 heavy (non-hydrogen) atoms. The minimum absolute atomic E-state index is 0.0806. The summed E-state index contributed by atoms with van der Waals surface area (Å²) in [7, 11) is 0. The lowest BCUT2D eigenvalue weighted by Gasteiger charge is -2.09. The first-order chi connectivity index (χ1) is 13.9. The highest BCUT2D eigenvalue weighted by Gasteiger charge is 2.19. The predicted molar refractivity (Wildman–Crippen MR) is 118 cm³/mol. The summed E-state index contributed by atoms with van der Waals surface area (Å²) in [5.41, 5.74) is 1.28. The van der Waals surface area contributed by atoms with Gasteiger partial charge in [0.05, 0.1) is 23.2 Å². The first-order valence-corrected chi connectivity index (χ1v) is 10.7. The van der Waals surface area contributed by atoms with Crippen molar-refractivity contribution >= 4 is 33.1 Å². The van der Waals surface area contributed by atoms with Crippen LogP contribution in [0.1, 0.15) is 48.8 Å². The maximum atomic E-state index is 12.8. The number of nitrogens with one attached hydrogen (secondary N) is 1. The van der Waals surface area contributed by atoms with Crippen LogP contribution in [0.25, 0.3) is 10.2 Å². The van der Waals surface area contributed by atoms with E-state index in [0.29, 0.717) is 45.4 Å². The van der Waals surface area contributed by atoms with Crippen LogP contribution in [0.5, 0.6) is 5.75 Å². The molecule has 0 atom stereocenters. The van der Waals surface area contributed by atoms with E-state index in [9.17, 15) is 9.59 Å². The molecule has 154 valence electrons. The fraction of sp³-hybridized carbons (Fsp3) is 0.409. The van der Waals surface area contributed by atoms with Crippen molar-refractivity contribution in [3.8, 4) is 5.75 Å². The van der Waals surface area contributed by atoms with Crippen LogP contribution in [0, 0.1) is 12.8 Å². The molecule has 7 heteroatoms. The Morgan fingerprint density at radius 1 is 1.28 bits per heavy atom. The Morgan fingerprint density at radius 3 is 2.66 bits per heavy atom. The predicted octanol–water partition coefficient (Wildman–Crippen LogP) is 4.85. The molecule has 2 aromatic heterocycles. The number of aromatic nitrogens is 2. The topological polar surface area (TPSA) is 73.2 Å².